The lowest BCUT2D eigenvalue weighted by Crippen LogP contribution is -2.27. The molecule has 3 heteroatoms. The van der Waals surface area contributed by atoms with Gasteiger partial charge >= 0.3 is 0 Å². The fourth-order valence-corrected chi connectivity index (χ4v) is 3.21. The molecule has 2 aromatic rings. The lowest BCUT2D eigenvalue weighted by Gasteiger charge is -2.24. The van der Waals surface area contributed by atoms with E-state index in [2.05, 4.69) is 0 Å². The smallest absolute Gasteiger partial charge is 0.141 e. The molecule has 0 aliphatic carbocycles. The fraction of sp³-hybridized carbons (Fsp3) is 0.263. The van der Waals surface area contributed by atoms with Gasteiger partial charge in [-0.1, -0.05) is 42.5 Å². The molecule has 0 aliphatic rings. The van der Waals surface area contributed by atoms with Crippen LogP contribution in [-0.2, 0) is 9.59 Å². The topological polar surface area (TPSA) is 34.1 Å². The Morgan fingerprint density at radius 3 is 1.77 bits per heavy atom. The van der Waals surface area contributed by atoms with Crippen LogP contribution in [0.3, 0.4) is 0 Å². The largest absolute Gasteiger partial charge is 0.299 e. The van der Waals surface area contributed by atoms with E-state index >= 15 is 0 Å². The summed E-state index contributed by atoms with van der Waals surface area (Å²) < 4.78 is 0. The van der Waals surface area contributed by atoms with Gasteiger partial charge in [-0.15, -0.1) is 11.8 Å². The molecule has 114 valence electrons. The van der Waals surface area contributed by atoms with E-state index in [9.17, 15) is 9.59 Å². The number of ketones is 2. The molecule has 1 atom stereocenters. The molecule has 2 nitrogen and oxygen atoms in total. The molecule has 2 aromatic carbocycles. The maximum Gasteiger partial charge on any atom is 0.141 e. The maximum absolute atomic E-state index is 12.1. The van der Waals surface area contributed by atoms with Gasteiger partial charge in [0.1, 0.15) is 11.6 Å². The summed E-state index contributed by atoms with van der Waals surface area (Å²) in [6.45, 7) is 3.00. The first-order chi connectivity index (χ1) is 10.5. The van der Waals surface area contributed by atoms with Crippen LogP contribution in [0.2, 0.25) is 0 Å². The minimum atomic E-state index is -0.637. The highest BCUT2D eigenvalue weighted by molar-refractivity contribution is 7.98. The van der Waals surface area contributed by atoms with Crippen LogP contribution < -0.4 is 0 Å². The zero-order chi connectivity index (χ0) is 16.1. The van der Waals surface area contributed by atoms with E-state index in [0.717, 1.165) is 16.0 Å². The van der Waals surface area contributed by atoms with E-state index in [0.29, 0.717) is 0 Å². The summed E-state index contributed by atoms with van der Waals surface area (Å²) in [7, 11) is 0. The normalized spacial score (nSPS) is 12.2. The van der Waals surface area contributed by atoms with E-state index in [1.807, 2.05) is 60.9 Å². The Balaban J connectivity index is 2.53. The second-order valence-corrected chi connectivity index (χ2v) is 6.24. The third-order valence-electron chi connectivity index (χ3n) is 3.84. The Hall–Kier alpha value is -1.87. The van der Waals surface area contributed by atoms with E-state index in [1.54, 1.807) is 11.8 Å². The number of rotatable bonds is 6. The SMILES string of the molecule is CSc1ccc(C(c2ccccc2)C(C(C)=O)C(C)=O)cc1. The van der Waals surface area contributed by atoms with Gasteiger partial charge in [0.05, 0.1) is 5.92 Å². The lowest BCUT2D eigenvalue weighted by molar-refractivity contribution is -0.130. The first-order valence-electron chi connectivity index (χ1n) is 7.24. The van der Waals surface area contributed by atoms with Gasteiger partial charge in [0.25, 0.3) is 0 Å². The molecular formula is C19H20O2S. The molecule has 2 rings (SSSR count). The van der Waals surface area contributed by atoms with E-state index in [-0.39, 0.29) is 17.5 Å². The standard InChI is InChI=1S/C19H20O2S/c1-13(20)18(14(2)21)19(15-7-5-4-6-8-15)16-9-11-17(22-3)12-10-16/h4-12,18-19H,1-3H3. The molecule has 0 aromatic heterocycles. The number of carbonyl (C=O) groups is 2. The van der Waals surface area contributed by atoms with Crippen molar-refractivity contribution in [2.75, 3.05) is 6.26 Å². The predicted octanol–water partition coefficient (Wildman–Crippen LogP) is 4.33. The number of hydrogen-bond acceptors (Lipinski definition) is 3. The number of hydrogen-bond donors (Lipinski definition) is 0. The molecule has 0 N–H and O–H groups in total. The molecule has 1 unspecified atom stereocenters. The second-order valence-electron chi connectivity index (χ2n) is 5.36. The quantitative estimate of drug-likeness (QED) is 0.588. The minimum absolute atomic E-state index is 0.0877. The van der Waals surface area contributed by atoms with Gasteiger partial charge in [-0.25, -0.2) is 0 Å². The Morgan fingerprint density at radius 1 is 0.818 bits per heavy atom. The molecule has 0 heterocycles. The van der Waals surface area contributed by atoms with Gasteiger partial charge in [-0.3, -0.25) is 9.59 Å². The van der Waals surface area contributed by atoms with E-state index in [1.165, 1.54) is 13.8 Å². The zero-order valence-electron chi connectivity index (χ0n) is 13.1. The summed E-state index contributed by atoms with van der Waals surface area (Å²) in [5.74, 6) is -1.04. The highest BCUT2D eigenvalue weighted by Gasteiger charge is 2.32. The molecule has 0 aliphatic heterocycles. The van der Waals surface area contributed by atoms with Crippen LogP contribution >= 0.6 is 11.8 Å². The first-order valence-corrected chi connectivity index (χ1v) is 8.47. The Bertz CT molecular complexity index is 633. The third-order valence-corrected chi connectivity index (χ3v) is 4.59. The molecule has 0 amide bonds. The van der Waals surface area contributed by atoms with Crippen molar-refractivity contribution in [2.24, 2.45) is 5.92 Å². The number of benzene rings is 2. The van der Waals surface area contributed by atoms with Crippen LogP contribution in [-0.4, -0.2) is 17.8 Å². The summed E-state index contributed by atoms with van der Waals surface area (Å²) in [5, 5.41) is 0. The average molecular weight is 312 g/mol. The van der Waals surface area contributed by atoms with Crippen molar-refractivity contribution in [3.05, 3.63) is 65.7 Å². The highest BCUT2D eigenvalue weighted by atomic mass is 32.2. The zero-order valence-corrected chi connectivity index (χ0v) is 13.9. The van der Waals surface area contributed by atoms with Crippen molar-refractivity contribution in [1.82, 2.24) is 0 Å². The van der Waals surface area contributed by atoms with Crippen molar-refractivity contribution in [1.29, 1.82) is 0 Å². The van der Waals surface area contributed by atoms with Gasteiger partial charge in [0.15, 0.2) is 0 Å². The van der Waals surface area contributed by atoms with Crippen LogP contribution in [0.5, 0.6) is 0 Å². The summed E-state index contributed by atoms with van der Waals surface area (Å²) in [5.41, 5.74) is 1.99. The van der Waals surface area contributed by atoms with Crippen molar-refractivity contribution in [3.63, 3.8) is 0 Å². The van der Waals surface area contributed by atoms with E-state index in [4.69, 9.17) is 0 Å². The molecular weight excluding hydrogens is 292 g/mol. The molecule has 0 saturated heterocycles. The first kappa shape index (κ1) is 16.5. The van der Waals surface area contributed by atoms with Gasteiger partial charge in [0, 0.05) is 10.8 Å². The molecule has 0 fully saturated rings. The predicted molar refractivity (Wildman–Crippen MR) is 91.4 cm³/mol. The van der Waals surface area contributed by atoms with Crippen molar-refractivity contribution in [2.45, 2.75) is 24.7 Å². The lowest BCUT2D eigenvalue weighted by atomic mass is 9.77. The number of Topliss-reactive ketones (excluding diaryl/α,β-unsaturated/α-hetero) is 2. The number of thioether (sulfide) groups is 1. The summed E-state index contributed by atoms with van der Waals surface area (Å²) >= 11 is 1.67. The molecule has 0 bridgehead atoms. The van der Waals surface area contributed by atoms with Crippen LogP contribution in [0.4, 0.5) is 0 Å². The summed E-state index contributed by atoms with van der Waals surface area (Å²) in [6, 6.07) is 17.9. The molecule has 0 saturated carbocycles. The Morgan fingerprint density at radius 2 is 1.32 bits per heavy atom. The summed E-state index contributed by atoms with van der Waals surface area (Å²) in [6.07, 6.45) is 2.03. The third kappa shape index (κ3) is 3.66. The minimum Gasteiger partial charge on any atom is -0.299 e. The maximum atomic E-state index is 12.1. The van der Waals surface area contributed by atoms with Crippen LogP contribution in [0, 0.1) is 5.92 Å². The van der Waals surface area contributed by atoms with Gasteiger partial charge < -0.3 is 0 Å². The second kappa shape index (κ2) is 7.41. The van der Waals surface area contributed by atoms with Crippen LogP contribution in [0.25, 0.3) is 0 Å². The van der Waals surface area contributed by atoms with Crippen molar-refractivity contribution >= 4 is 23.3 Å². The van der Waals surface area contributed by atoms with Crippen LogP contribution in [0.15, 0.2) is 59.5 Å². The van der Waals surface area contributed by atoms with Gasteiger partial charge in [-0.2, -0.15) is 0 Å². The number of carbonyl (C=O) groups excluding carboxylic acids is 2. The monoisotopic (exact) mass is 312 g/mol. The Kier molecular flexibility index (Phi) is 5.56. The average Bonchev–Trinajstić information content (AvgIpc) is 2.52. The summed E-state index contributed by atoms with van der Waals surface area (Å²) in [4.78, 5) is 25.3. The van der Waals surface area contributed by atoms with Crippen molar-refractivity contribution < 1.29 is 9.59 Å². The highest BCUT2D eigenvalue weighted by Crippen LogP contribution is 2.34. The molecule has 0 spiro atoms. The van der Waals surface area contributed by atoms with Crippen molar-refractivity contribution in [3.8, 4) is 0 Å². The Labute approximate surface area is 135 Å². The fourth-order valence-electron chi connectivity index (χ4n) is 2.80. The van der Waals surface area contributed by atoms with Gasteiger partial charge in [-0.05, 0) is 43.4 Å². The molecule has 0 radical (unpaired) electrons. The van der Waals surface area contributed by atoms with E-state index < -0.39 is 5.92 Å². The molecule has 22 heavy (non-hydrogen) atoms. The van der Waals surface area contributed by atoms with Gasteiger partial charge in [0.2, 0.25) is 0 Å². The van der Waals surface area contributed by atoms with Crippen LogP contribution in [0.1, 0.15) is 30.9 Å².